The molecule has 4 heterocycles. The third-order valence-electron chi connectivity index (χ3n) is 9.01. The van der Waals surface area contributed by atoms with E-state index in [1.807, 2.05) is 0 Å². The maximum absolute atomic E-state index is 14.9. The zero-order valence-corrected chi connectivity index (χ0v) is 27.0. The highest BCUT2D eigenvalue weighted by Gasteiger charge is 2.95. The summed E-state index contributed by atoms with van der Waals surface area (Å²) in [7, 11) is 0. The standard InChI is InChI=1S/C35H15F17O4/c1-14-2-7-21(53-14)15-3-5-17-19-12-26-20(13-25(19)54-23(17)10-15)18-6-4-16(11-24(18)55-26)22-8-9-27(56-22)28(36,37)29(38,39)30(40,41)31(42,43)32(44,45)33(46,47)34(48,49)35(50,51)52/h2-13H,1H3. The molecule has 0 radical (unpaired) electrons. The third kappa shape index (κ3) is 5.06. The van der Waals surface area contributed by atoms with E-state index in [0.29, 0.717) is 50.3 Å². The Bertz CT molecular complexity index is 2650. The maximum atomic E-state index is 14.9. The Labute approximate surface area is 298 Å². The first-order chi connectivity index (χ1) is 25.6. The van der Waals surface area contributed by atoms with Crippen LogP contribution in [0.2, 0.25) is 0 Å². The molecule has 0 fully saturated rings. The normalized spacial score (nSPS) is 14.6. The van der Waals surface area contributed by atoms with E-state index in [9.17, 15) is 74.6 Å². The fourth-order valence-corrected chi connectivity index (χ4v) is 5.92. The van der Waals surface area contributed by atoms with Crippen molar-refractivity contribution in [2.24, 2.45) is 0 Å². The average molecular weight is 822 g/mol. The summed E-state index contributed by atoms with van der Waals surface area (Å²) in [5.74, 6) is -59.7. The van der Waals surface area contributed by atoms with Gasteiger partial charge in [-0.1, -0.05) is 12.1 Å². The van der Waals surface area contributed by atoms with Gasteiger partial charge in [0.1, 0.15) is 39.6 Å². The molecule has 21 heteroatoms. The van der Waals surface area contributed by atoms with Crippen LogP contribution in [-0.2, 0) is 5.92 Å². The van der Waals surface area contributed by atoms with Gasteiger partial charge < -0.3 is 17.7 Å². The van der Waals surface area contributed by atoms with Gasteiger partial charge in [0.25, 0.3) is 0 Å². The van der Waals surface area contributed by atoms with Gasteiger partial charge in [-0.05, 0) is 67.6 Å². The monoisotopic (exact) mass is 822 g/mol. The number of alkyl halides is 17. The minimum atomic E-state index is -8.73. The van der Waals surface area contributed by atoms with Gasteiger partial charge in [0.15, 0.2) is 5.76 Å². The Morgan fingerprint density at radius 2 is 0.750 bits per heavy atom. The molecule has 3 aromatic carbocycles. The van der Waals surface area contributed by atoms with Crippen molar-refractivity contribution in [1.82, 2.24) is 0 Å². The van der Waals surface area contributed by atoms with Crippen LogP contribution in [0.3, 0.4) is 0 Å². The van der Waals surface area contributed by atoms with Crippen molar-refractivity contribution in [3.05, 3.63) is 84.3 Å². The number of fused-ring (bicyclic) bond motifs is 6. The van der Waals surface area contributed by atoms with E-state index in [-0.39, 0.29) is 22.8 Å². The lowest BCUT2D eigenvalue weighted by molar-refractivity contribution is -0.463. The summed E-state index contributed by atoms with van der Waals surface area (Å²) in [6, 6.07) is 15.7. The van der Waals surface area contributed by atoms with Crippen LogP contribution in [0.15, 0.2) is 90.5 Å². The van der Waals surface area contributed by atoms with E-state index in [1.54, 1.807) is 49.4 Å². The van der Waals surface area contributed by atoms with Gasteiger partial charge in [0.05, 0.1) is 0 Å². The predicted octanol–water partition coefficient (Wildman–Crippen LogP) is 13.8. The zero-order valence-electron chi connectivity index (χ0n) is 27.0. The van der Waals surface area contributed by atoms with Crippen LogP contribution in [0.1, 0.15) is 11.5 Å². The summed E-state index contributed by atoms with van der Waals surface area (Å²) < 4.78 is 256. The number of rotatable bonds is 9. The second-order valence-corrected chi connectivity index (χ2v) is 12.6. The van der Waals surface area contributed by atoms with Gasteiger partial charge in [-0.25, -0.2) is 0 Å². The third-order valence-corrected chi connectivity index (χ3v) is 9.01. The number of halogens is 17. The molecule has 0 aliphatic heterocycles. The van der Waals surface area contributed by atoms with Gasteiger partial charge in [-0.2, -0.15) is 74.6 Å². The molecule has 56 heavy (non-hydrogen) atoms. The average Bonchev–Trinajstić information content (AvgIpc) is 3.90. The minimum absolute atomic E-state index is 0.0232. The fraction of sp³-hybridized carbons (Fsp3) is 0.257. The second-order valence-electron chi connectivity index (χ2n) is 12.6. The molecular formula is C35H15F17O4. The Morgan fingerprint density at radius 1 is 0.357 bits per heavy atom. The van der Waals surface area contributed by atoms with Crippen LogP contribution in [0.25, 0.3) is 66.5 Å². The summed E-state index contributed by atoms with van der Waals surface area (Å²) in [6.07, 6.45) is -7.83. The fourth-order valence-electron chi connectivity index (χ4n) is 5.92. The summed E-state index contributed by atoms with van der Waals surface area (Å²) in [4.78, 5) is 0. The largest absolute Gasteiger partial charge is 0.461 e. The van der Waals surface area contributed by atoms with Crippen LogP contribution in [-0.4, -0.2) is 41.7 Å². The predicted molar refractivity (Wildman–Crippen MR) is 161 cm³/mol. The van der Waals surface area contributed by atoms with Crippen LogP contribution in [0.4, 0.5) is 74.6 Å². The molecule has 298 valence electrons. The Hall–Kier alpha value is -5.37. The van der Waals surface area contributed by atoms with Crippen molar-refractivity contribution < 1.29 is 92.3 Å². The van der Waals surface area contributed by atoms with Crippen LogP contribution < -0.4 is 0 Å². The molecule has 7 rings (SSSR count). The topological polar surface area (TPSA) is 52.6 Å². The molecule has 0 N–H and O–H groups in total. The molecule has 0 bridgehead atoms. The highest BCUT2D eigenvalue weighted by atomic mass is 19.4. The molecule has 0 saturated heterocycles. The van der Waals surface area contributed by atoms with Gasteiger partial charge in [-0.15, -0.1) is 0 Å². The van der Waals surface area contributed by atoms with E-state index in [0.717, 1.165) is 17.7 Å². The number of aryl methyl sites for hydroxylation is 1. The first-order valence-corrected chi connectivity index (χ1v) is 15.3. The Morgan fingerprint density at radius 3 is 1.18 bits per heavy atom. The molecule has 0 aliphatic rings. The molecule has 0 spiro atoms. The van der Waals surface area contributed by atoms with E-state index in [2.05, 4.69) is 4.42 Å². The van der Waals surface area contributed by atoms with Crippen LogP contribution in [0.5, 0.6) is 0 Å². The van der Waals surface area contributed by atoms with E-state index >= 15 is 0 Å². The molecule has 0 aliphatic carbocycles. The van der Waals surface area contributed by atoms with Crippen molar-refractivity contribution in [3.63, 3.8) is 0 Å². The lowest BCUT2D eigenvalue weighted by atomic mass is 9.88. The summed E-state index contributed by atoms with van der Waals surface area (Å²) >= 11 is 0. The zero-order chi connectivity index (χ0) is 41.4. The smallest absolute Gasteiger partial charge is 0.460 e. The maximum Gasteiger partial charge on any atom is 0.460 e. The molecule has 4 nitrogen and oxygen atoms in total. The van der Waals surface area contributed by atoms with Crippen molar-refractivity contribution in [1.29, 1.82) is 0 Å². The summed E-state index contributed by atoms with van der Waals surface area (Å²) in [5.41, 5.74) is 1.49. The summed E-state index contributed by atoms with van der Waals surface area (Å²) in [5, 5.41) is 2.03. The van der Waals surface area contributed by atoms with E-state index in [4.69, 9.17) is 13.3 Å². The number of hydrogen-bond donors (Lipinski definition) is 0. The molecule has 4 aromatic heterocycles. The minimum Gasteiger partial charge on any atom is -0.461 e. The second kappa shape index (κ2) is 11.6. The van der Waals surface area contributed by atoms with E-state index < -0.39 is 59.2 Å². The first-order valence-electron chi connectivity index (χ1n) is 15.3. The number of hydrogen-bond acceptors (Lipinski definition) is 4. The summed E-state index contributed by atoms with van der Waals surface area (Å²) in [6.45, 7) is 1.77. The van der Waals surface area contributed by atoms with Crippen molar-refractivity contribution in [2.75, 3.05) is 0 Å². The molecule has 0 unspecified atom stereocenters. The molecule has 0 atom stereocenters. The molecule has 7 aromatic rings. The highest BCUT2D eigenvalue weighted by Crippen LogP contribution is 2.65. The van der Waals surface area contributed by atoms with Gasteiger partial charge in [0.2, 0.25) is 0 Å². The molecule has 0 amide bonds. The first kappa shape index (κ1) is 38.9. The number of benzene rings is 3. The SMILES string of the molecule is Cc1ccc(-c2ccc3c(c2)oc2cc4c(cc23)oc2cc(-c3ccc(C(F)(F)C(F)(F)C(F)(F)C(F)(F)C(F)(F)C(F)(F)C(F)(F)C(F)(F)F)o3)ccc24)o1. The van der Waals surface area contributed by atoms with Crippen LogP contribution >= 0.6 is 0 Å². The van der Waals surface area contributed by atoms with E-state index in [1.165, 1.54) is 6.07 Å². The van der Waals surface area contributed by atoms with Crippen molar-refractivity contribution in [3.8, 4) is 22.6 Å². The highest BCUT2D eigenvalue weighted by molar-refractivity contribution is 6.15. The lowest BCUT2D eigenvalue weighted by Crippen LogP contribution is -2.74. The van der Waals surface area contributed by atoms with Gasteiger partial charge in [-0.3, -0.25) is 0 Å². The van der Waals surface area contributed by atoms with Crippen molar-refractivity contribution >= 4 is 43.9 Å². The van der Waals surface area contributed by atoms with Crippen LogP contribution in [0, 0.1) is 6.92 Å². The molecular weight excluding hydrogens is 807 g/mol. The Kier molecular flexibility index (Phi) is 8.05. The van der Waals surface area contributed by atoms with Gasteiger partial charge >= 0.3 is 47.6 Å². The Balaban J connectivity index is 1.21. The van der Waals surface area contributed by atoms with Gasteiger partial charge in [0, 0.05) is 32.7 Å². The number of furan rings is 4. The quantitative estimate of drug-likeness (QED) is 0.136. The lowest BCUT2D eigenvalue weighted by Gasteiger charge is -2.42. The molecule has 0 saturated carbocycles. The van der Waals surface area contributed by atoms with Crippen molar-refractivity contribution in [2.45, 2.75) is 54.6 Å².